The van der Waals surface area contributed by atoms with Crippen LogP contribution in [-0.4, -0.2) is 39.0 Å². The molecule has 1 aromatic carbocycles. The van der Waals surface area contributed by atoms with E-state index >= 15 is 0 Å². The van der Waals surface area contributed by atoms with E-state index in [0.717, 1.165) is 17.5 Å². The number of benzene rings is 1. The molecule has 28 heavy (non-hydrogen) atoms. The number of amides is 2. The van der Waals surface area contributed by atoms with Gasteiger partial charge in [0, 0.05) is 37.2 Å². The topological polar surface area (TPSA) is 98.3 Å². The molecule has 3 aromatic rings. The Morgan fingerprint density at radius 3 is 2.79 bits per heavy atom. The third-order valence-corrected chi connectivity index (χ3v) is 4.74. The van der Waals surface area contributed by atoms with Gasteiger partial charge in [-0.3, -0.25) is 9.59 Å². The van der Waals surface area contributed by atoms with Crippen LogP contribution in [0.5, 0.6) is 0 Å². The van der Waals surface area contributed by atoms with Crippen LogP contribution in [0.3, 0.4) is 0 Å². The Balaban J connectivity index is 1.49. The average molecular weight is 386 g/mol. The first-order chi connectivity index (χ1) is 13.4. The van der Waals surface area contributed by atoms with E-state index in [1.54, 1.807) is 18.3 Å². The Labute approximate surface area is 158 Å². The highest BCUT2D eigenvalue weighted by Gasteiger charge is 2.51. The average Bonchev–Trinajstić information content (AvgIpc) is 3.24. The Morgan fingerprint density at radius 1 is 1.29 bits per heavy atom. The number of carbonyl (C=O) groups is 2. The number of aliphatic hydroxyl groups is 1. The monoisotopic (exact) mass is 386 g/mol. The molecule has 1 aliphatic rings. The number of hydrogen-bond acceptors (Lipinski definition) is 4. The van der Waals surface area contributed by atoms with Crippen molar-refractivity contribution in [3.63, 3.8) is 0 Å². The standard InChI is InChI=1S/C19H16F2N4O3/c20-13-5-11(6-14(21)8-13)9-24-17(26)19(28)2-4-25(18(19)27)15-7-12-1-3-22-16(12)23-10-15/h1,3,5-8,10,28H,2,4,9H2,(H,22,23)(H,24,26)/t19-/m0/s1. The van der Waals surface area contributed by atoms with Crippen molar-refractivity contribution < 1.29 is 23.5 Å². The van der Waals surface area contributed by atoms with Gasteiger partial charge in [0.25, 0.3) is 11.8 Å². The van der Waals surface area contributed by atoms with Crippen molar-refractivity contribution in [3.8, 4) is 0 Å². The van der Waals surface area contributed by atoms with Gasteiger partial charge in [0.05, 0.1) is 11.9 Å². The molecule has 2 amide bonds. The molecule has 0 aliphatic carbocycles. The number of anilines is 1. The number of halogens is 2. The summed E-state index contributed by atoms with van der Waals surface area (Å²) in [6, 6.07) is 6.37. The third kappa shape index (κ3) is 3.09. The van der Waals surface area contributed by atoms with Gasteiger partial charge in [-0.1, -0.05) is 0 Å². The summed E-state index contributed by atoms with van der Waals surface area (Å²) >= 11 is 0. The van der Waals surface area contributed by atoms with E-state index in [4.69, 9.17) is 0 Å². The van der Waals surface area contributed by atoms with Gasteiger partial charge in [-0.2, -0.15) is 0 Å². The molecule has 1 atom stereocenters. The lowest BCUT2D eigenvalue weighted by molar-refractivity contribution is -0.149. The molecular formula is C19H16F2N4O3. The minimum Gasteiger partial charge on any atom is -0.372 e. The van der Waals surface area contributed by atoms with Gasteiger partial charge in [-0.05, 0) is 29.8 Å². The van der Waals surface area contributed by atoms with Crippen LogP contribution in [0.2, 0.25) is 0 Å². The highest BCUT2D eigenvalue weighted by atomic mass is 19.1. The number of nitrogens with one attached hydrogen (secondary N) is 2. The van der Waals surface area contributed by atoms with Gasteiger partial charge in [0.2, 0.25) is 5.60 Å². The van der Waals surface area contributed by atoms with Crippen LogP contribution in [0.25, 0.3) is 11.0 Å². The smallest absolute Gasteiger partial charge is 0.268 e. The Morgan fingerprint density at radius 2 is 2.04 bits per heavy atom. The van der Waals surface area contributed by atoms with Gasteiger partial charge in [-0.25, -0.2) is 13.8 Å². The van der Waals surface area contributed by atoms with Crippen LogP contribution in [0, 0.1) is 11.6 Å². The molecule has 0 spiro atoms. The normalized spacial score (nSPS) is 19.4. The molecule has 0 bridgehead atoms. The van der Waals surface area contributed by atoms with Crippen molar-refractivity contribution in [3.05, 3.63) is 59.9 Å². The van der Waals surface area contributed by atoms with E-state index in [2.05, 4.69) is 15.3 Å². The maximum atomic E-state index is 13.2. The third-order valence-electron chi connectivity index (χ3n) is 4.74. The summed E-state index contributed by atoms with van der Waals surface area (Å²) in [5.41, 5.74) is -0.948. The zero-order valence-corrected chi connectivity index (χ0v) is 14.6. The Kier molecular flexibility index (Phi) is 4.31. The van der Waals surface area contributed by atoms with E-state index in [0.29, 0.717) is 17.4 Å². The zero-order valence-electron chi connectivity index (χ0n) is 14.6. The van der Waals surface area contributed by atoms with Gasteiger partial charge < -0.3 is 20.3 Å². The largest absolute Gasteiger partial charge is 0.372 e. The predicted octanol–water partition coefficient (Wildman–Crippen LogP) is 1.63. The summed E-state index contributed by atoms with van der Waals surface area (Å²) in [6.07, 6.45) is 3.09. The molecule has 144 valence electrons. The minimum atomic E-state index is -2.25. The molecule has 0 saturated carbocycles. The molecule has 0 unspecified atom stereocenters. The van der Waals surface area contributed by atoms with E-state index in [1.165, 1.54) is 11.1 Å². The molecule has 4 rings (SSSR count). The maximum Gasteiger partial charge on any atom is 0.268 e. The lowest BCUT2D eigenvalue weighted by atomic mass is 10.0. The highest BCUT2D eigenvalue weighted by Crippen LogP contribution is 2.29. The van der Waals surface area contributed by atoms with Crippen LogP contribution in [0.4, 0.5) is 14.5 Å². The minimum absolute atomic E-state index is 0.111. The van der Waals surface area contributed by atoms with Crippen LogP contribution in [-0.2, 0) is 16.1 Å². The second-order valence-corrected chi connectivity index (χ2v) is 6.64. The number of rotatable bonds is 4. The molecule has 9 heteroatoms. The molecule has 7 nitrogen and oxygen atoms in total. The fourth-order valence-electron chi connectivity index (χ4n) is 3.28. The van der Waals surface area contributed by atoms with Gasteiger partial charge in [0.15, 0.2) is 0 Å². The van der Waals surface area contributed by atoms with Crippen LogP contribution < -0.4 is 10.2 Å². The summed E-state index contributed by atoms with van der Waals surface area (Å²) in [5.74, 6) is -3.25. The number of pyridine rings is 1. The van der Waals surface area contributed by atoms with Crippen molar-refractivity contribution in [2.75, 3.05) is 11.4 Å². The van der Waals surface area contributed by atoms with Crippen LogP contribution >= 0.6 is 0 Å². The summed E-state index contributed by atoms with van der Waals surface area (Å²) in [7, 11) is 0. The number of nitrogens with zero attached hydrogens (tertiary/aromatic N) is 2. The van der Waals surface area contributed by atoms with E-state index in [9.17, 15) is 23.5 Å². The van der Waals surface area contributed by atoms with Crippen molar-refractivity contribution >= 4 is 28.5 Å². The molecule has 3 N–H and O–H groups in total. The fourth-order valence-corrected chi connectivity index (χ4v) is 3.28. The molecule has 1 aliphatic heterocycles. The summed E-state index contributed by atoms with van der Waals surface area (Å²) in [4.78, 5) is 33.6. The lowest BCUT2D eigenvalue weighted by Gasteiger charge is -2.21. The van der Waals surface area contributed by atoms with E-state index in [-0.39, 0.29) is 25.1 Å². The number of fused-ring (bicyclic) bond motifs is 1. The molecular weight excluding hydrogens is 370 g/mol. The first-order valence-electron chi connectivity index (χ1n) is 8.57. The predicted molar refractivity (Wildman–Crippen MR) is 96.2 cm³/mol. The second-order valence-electron chi connectivity index (χ2n) is 6.64. The first kappa shape index (κ1) is 18.1. The molecule has 1 saturated heterocycles. The molecule has 2 aromatic heterocycles. The summed E-state index contributed by atoms with van der Waals surface area (Å²) in [5, 5.41) is 13.8. The quantitative estimate of drug-likeness (QED) is 0.594. The summed E-state index contributed by atoms with van der Waals surface area (Å²) < 4.78 is 26.5. The van der Waals surface area contributed by atoms with E-state index in [1.807, 2.05) is 0 Å². The van der Waals surface area contributed by atoms with Crippen molar-refractivity contribution in [2.45, 2.75) is 18.6 Å². The van der Waals surface area contributed by atoms with E-state index < -0.39 is 29.0 Å². The fraction of sp³-hybridized carbons (Fsp3) is 0.211. The number of H-pyrrole nitrogens is 1. The molecule has 1 fully saturated rings. The SMILES string of the molecule is O=C(NCc1cc(F)cc(F)c1)[C@@]1(O)CCN(c2cnc3[nH]ccc3c2)C1=O. The Hall–Kier alpha value is -3.33. The van der Waals surface area contributed by atoms with Gasteiger partial charge in [0.1, 0.15) is 17.3 Å². The molecule has 0 radical (unpaired) electrons. The lowest BCUT2D eigenvalue weighted by Crippen LogP contribution is -2.52. The van der Waals surface area contributed by atoms with Crippen molar-refractivity contribution in [1.82, 2.24) is 15.3 Å². The van der Waals surface area contributed by atoms with Crippen LogP contribution in [0.15, 0.2) is 42.7 Å². The van der Waals surface area contributed by atoms with Gasteiger partial charge in [-0.15, -0.1) is 0 Å². The number of aromatic nitrogens is 2. The Bertz CT molecular complexity index is 1060. The zero-order chi connectivity index (χ0) is 19.9. The second kappa shape index (κ2) is 6.68. The number of hydrogen-bond donors (Lipinski definition) is 3. The maximum absolute atomic E-state index is 13.2. The first-order valence-corrected chi connectivity index (χ1v) is 8.57. The highest BCUT2D eigenvalue weighted by molar-refractivity contribution is 6.16. The number of carbonyl (C=O) groups excluding carboxylic acids is 2. The van der Waals surface area contributed by atoms with Crippen LogP contribution in [0.1, 0.15) is 12.0 Å². The van der Waals surface area contributed by atoms with Crippen molar-refractivity contribution in [2.24, 2.45) is 0 Å². The molecule has 3 heterocycles. The van der Waals surface area contributed by atoms with Crippen molar-refractivity contribution in [1.29, 1.82) is 0 Å². The van der Waals surface area contributed by atoms with Gasteiger partial charge >= 0.3 is 0 Å². The number of aromatic amines is 1. The summed E-state index contributed by atoms with van der Waals surface area (Å²) in [6.45, 7) is -0.0884.